The van der Waals surface area contributed by atoms with Crippen LogP contribution in [-0.4, -0.2) is 51.2 Å². The second-order valence-corrected chi connectivity index (χ2v) is 8.97. The Bertz CT molecular complexity index is 1530. The lowest BCUT2D eigenvalue weighted by atomic mass is 9.71. The Morgan fingerprint density at radius 2 is 1.66 bits per heavy atom. The minimum atomic E-state index is -0.740. The Morgan fingerprint density at radius 3 is 2.32 bits per heavy atom. The molecule has 2 atom stereocenters. The number of fused-ring (bicyclic) bond motifs is 3. The van der Waals surface area contributed by atoms with Gasteiger partial charge >= 0.3 is 5.97 Å². The first-order chi connectivity index (χ1) is 18.6. The Labute approximate surface area is 218 Å². The van der Waals surface area contributed by atoms with E-state index in [1.54, 1.807) is 21.3 Å². The lowest BCUT2D eigenvalue weighted by Gasteiger charge is -2.33. The zero-order chi connectivity index (χ0) is 26.4. The minimum absolute atomic E-state index is 0.133. The average molecular weight is 515 g/mol. The SMILES string of the molecule is COC(=O)[C@H]1C(c2nc3ccccc3[nH]2)=Cc2cc3c(cc2[C@H]1c1cc(OC)c(OC)c(OC)c1)OCO3. The van der Waals surface area contributed by atoms with Crippen LogP contribution in [0.2, 0.25) is 0 Å². The fourth-order valence-corrected chi connectivity index (χ4v) is 5.33. The molecule has 0 amide bonds. The molecule has 38 heavy (non-hydrogen) atoms. The number of para-hydroxylation sites is 2. The van der Waals surface area contributed by atoms with Gasteiger partial charge in [0.15, 0.2) is 23.0 Å². The molecule has 4 aromatic rings. The number of aromatic amines is 1. The number of carbonyl (C=O) groups is 1. The number of nitrogens with one attached hydrogen (secondary N) is 1. The zero-order valence-electron chi connectivity index (χ0n) is 21.4. The molecule has 3 aromatic carbocycles. The summed E-state index contributed by atoms with van der Waals surface area (Å²) < 4.78 is 33.6. The summed E-state index contributed by atoms with van der Waals surface area (Å²) in [5, 5.41) is 0. The summed E-state index contributed by atoms with van der Waals surface area (Å²) in [4.78, 5) is 21.8. The largest absolute Gasteiger partial charge is 0.493 e. The van der Waals surface area contributed by atoms with E-state index >= 15 is 0 Å². The highest BCUT2D eigenvalue weighted by molar-refractivity contribution is 5.99. The van der Waals surface area contributed by atoms with E-state index in [0.717, 1.165) is 27.7 Å². The van der Waals surface area contributed by atoms with E-state index in [2.05, 4.69) is 4.98 Å². The topological polar surface area (TPSA) is 101 Å². The van der Waals surface area contributed by atoms with Crippen LogP contribution in [0, 0.1) is 5.92 Å². The van der Waals surface area contributed by atoms with Crippen LogP contribution in [0.25, 0.3) is 22.7 Å². The van der Waals surface area contributed by atoms with Gasteiger partial charge in [0.1, 0.15) is 5.82 Å². The van der Waals surface area contributed by atoms with Gasteiger partial charge in [-0.3, -0.25) is 4.79 Å². The quantitative estimate of drug-likeness (QED) is 0.367. The van der Waals surface area contributed by atoms with E-state index in [4.69, 9.17) is 33.4 Å². The van der Waals surface area contributed by atoms with Crippen molar-refractivity contribution >= 4 is 28.7 Å². The van der Waals surface area contributed by atoms with Crippen molar-refractivity contribution in [2.24, 2.45) is 5.92 Å². The Hall–Kier alpha value is -4.66. The molecule has 1 N–H and O–H groups in total. The van der Waals surface area contributed by atoms with Gasteiger partial charge < -0.3 is 33.4 Å². The van der Waals surface area contributed by atoms with E-state index in [-0.39, 0.29) is 6.79 Å². The summed E-state index contributed by atoms with van der Waals surface area (Å²) in [6.45, 7) is 0.133. The number of carbonyl (C=O) groups excluding carboxylic acids is 1. The van der Waals surface area contributed by atoms with Gasteiger partial charge in [0.05, 0.1) is 45.4 Å². The highest BCUT2D eigenvalue weighted by Gasteiger charge is 2.42. The predicted octanol–water partition coefficient (Wildman–Crippen LogP) is 4.79. The molecule has 9 heteroatoms. The second kappa shape index (κ2) is 9.33. The molecule has 9 nitrogen and oxygen atoms in total. The number of methoxy groups -OCH3 is 4. The van der Waals surface area contributed by atoms with Crippen LogP contribution in [0.5, 0.6) is 28.7 Å². The third-order valence-electron chi connectivity index (χ3n) is 7.06. The summed E-state index contributed by atoms with van der Waals surface area (Å²) in [6, 6.07) is 15.3. The normalized spacial score (nSPS) is 17.5. The molecule has 0 bridgehead atoms. The lowest BCUT2D eigenvalue weighted by Crippen LogP contribution is -2.29. The van der Waals surface area contributed by atoms with E-state index < -0.39 is 17.8 Å². The van der Waals surface area contributed by atoms with Crippen LogP contribution in [0.15, 0.2) is 48.5 Å². The number of rotatable bonds is 6. The maximum Gasteiger partial charge on any atom is 0.314 e. The van der Waals surface area contributed by atoms with E-state index in [0.29, 0.717) is 40.1 Å². The molecule has 194 valence electrons. The maximum absolute atomic E-state index is 13.6. The van der Waals surface area contributed by atoms with Crippen LogP contribution in [0.3, 0.4) is 0 Å². The van der Waals surface area contributed by atoms with Crippen molar-refractivity contribution in [3.05, 3.63) is 71.0 Å². The van der Waals surface area contributed by atoms with Crippen LogP contribution in [-0.2, 0) is 9.53 Å². The lowest BCUT2D eigenvalue weighted by molar-refractivity contribution is -0.143. The molecular formula is C29H26N2O7. The maximum atomic E-state index is 13.6. The number of benzene rings is 3. The van der Waals surface area contributed by atoms with Gasteiger partial charge in [-0.05, 0) is 59.2 Å². The smallest absolute Gasteiger partial charge is 0.314 e. The molecule has 0 spiro atoms. The molecule has 0 saturated heterocycles. The second-order valence-electron chi connectivity index (χ2n) is 8.97. The number of esters is 1. The summed E-state index contributed by atoms with van der Waals surface area (Å²) in [7, 11) is 6.06. The fraction of sp³-hybridized carbons (Fsp3) is 0.241. The van der Waals surface area contributed by atoms with Crippen LogP contribution in [0.1, 0.15) is 28.4 Å². The molecule has 1 aliphatic carbocycles. The van der Waals surface area contributed by atoms with Crippen LogP contribution >= 0.6 is 0 Å². The summed E-state index contributed by atoms with van der Waals surface area (Å²) in [5.74, 6) is 1.63. The van der Waals surface area contributed by atoms with Crippen molar-refractivity contribution in [3.8, 4) is 28.7 Å². The van der Waals surface area contributed by atoms with Crippen molar-refractivity contribution < 1.29 is 33.2 Å². The number of H-pyrrole nitrogens is 1. The monoisotopic (exact) mass is 514 g/mol. The Kier molecular flexibility index (Phi) is 5.83. The van der Waals surface area contributed by atoms with Gasteiger partial charge in [0.25, 0.3) is 0 Å². The molecule has 0 radical (unpaired) electrons. The van der Waals surface area contributed by atoms with Gasteiger partial charge in [0, 0.05) is 11.5 Å². The van der Waals surface area contributed by atoms with Gasteiger partial charge in [-0.15, -0.1) is 0 Å². The highest BCUT2D eigenvalue weighted by Crippen LogP contribution is 2.52. The number of imidazole rings is 1. The van der Waals surface area contributed by atoms with Crippen molar-refractivity contribution in [2.75, 3.05) is 35.2 Å². The number of nitrogens with zero attached hydrogens (tertiary/aromatic N) is 1. The van der Waals surface area contributed by atoms with E-state index in [1.807, 2.05) is 54.6 Å². The molecule has 6 rings (SSSR count). The van der Waals surface area contributed by atoms with Gasteiger partial charge in [-0.1, -0.05) is 12.1 Å². The Morgan fingerprint density at radius 1 is 0.947 bits per heavy atom. The predicted molar refractivity (Wildman–Crippen MR) is 140 cm³/mol. The molecule has 2 heterocycles. The average Bonchev–Trinajstić information content (AvgIpc) is 3.60. The van der Waals surface area contributed by atoms with Gasteiger partial charge in [0.2, 0.25) is 12.5 Å². The minimum Gasteiger partial charge on any atom is -0.493 e. The third kappa shape index (κ3) is 3.70. The zero-order valence-corrected chi connectivity index (χ0v) is 21.4. The first kappa shape index (κ1) is 23.7. The van der Waals surface area contributed by atoms with Gasteiger partial charge in [-0.2, -0.15) is 0 Å². The number of hydrogen-bond donors (Lipinski definition) is 1. The van der Waals surface area contributed by atoms with E-state index in [1.165, 1.54) is 7.11 Å². The van der Waals surface area contributed by atoms with Crippen molar-refractivity contribution in [3.63, 3.8) is 0 Å². The number of aromatic nitrogens is 2. The molecule has 0 unspecified atom stereocenters. The fourth-order valence-electron chi connectivity index (χ4n) is 5.33. The van der Waals surface area contributed by atoms with Crippen molar-refractivity contribution in [1.29, 1.82) is 0 Å². The summed E-state index contributed by atoms with van der Waals surface area (Å²) >= 11 is 0. The van der Waals surface area contributed by atoms with Crippen molar-refractivity contribution in [1.82, 2.24) is 9.97 Å². The standard InChI is InChI=1S/C29H26N2O7/c1-33-23-11-16(12-24(34-2)27(23)35-3)25-17-13-22-21(37-14-38-22)10-15(17)9-18(26(25)29(32)36-4)28-30-19-7-5-6-8-20(19)31-28/h5-13,25-26H,14H2,1-4H3,(H,30,31)/t25-,26+/m1/s1. The van der Waals surface area contributed by atoms with Crippen LogP contribution in [0.4, 0.5) is 0 Å². The van der Waals surface area contributed by atoms with Crippen LogP contribution < -0.4 is 23.7 Å². The third-order valence-corrected chi connectivity index (χ3v) is 7.06. The first-order valence-electron chi connectivity index (χ1n) is 12.0. The molecule has 0 saturated carbocycles. The highest BCUT2D eigenvalue weighted by atomic mass is 16.7. The molecule has 1 aromatic heterocycles. The Balaban J connectivity index is 1.63. The molecule has 2 aliphatic rings. The van der Waals surface area contributed by atoms with Gasteiger partial charge in [-0.25, -0.2) is 4.98 Å². The van der Waals surface area contributed by atoms with E-state index in [9.17, 15) is 4.79 Å². The molecular weight excluding hydrogens is 488 g/mol. The first-order valence-corrected chi connectivity index (χ1v) is 12.0. The molecule has 1 aliphatic heterocycles. The number of hydrogen-bond acceptors (Lipinski definition) is 8. The summed E-state index contributed by atoms with van der Waals surface area (Å²) in [6.07, 6.45) is 1.96. The van der Waals surface area contributed by atoms with Crippen molar-refractivity contribution in [2.45, 2.75) is 5.92 Å². The molecule has 0 fully saturated rings. The summed E-state index contributed by atoms with van der Waals surface area (Å²) in [5.41, 5.74) is 4.89. The number of ether oxygens (including phenoxy) is 6.